The fourth-order valence-electron chi connectivity index (χ4n) is 6.07. The second kappa shape index (κ2) is 9.05. The van der Waals surface area contributed by atoms with E-state index in [1.807, 2.05) is 30.3 Å². The summed E-state index contributed by atoms with van der Waals surface area (Å²) in [5.41, 5.74) is 7.34. The Bertz CT molecular complexity index is 777. The highest BCUT2D eigenvalue weighted by Crippen LogP contribution is 2.65. The lowest BCUT2D eigenvalue weighted by molar-refractivity contribution is -0.199. The molecule has 2 unspecified atom stereocenters. The Morgan fingerprint density at radius 1 is 1.23 bits per heavy atom. The van der Waals surface area contributed by atoms with Crippen LogP contribution < -0.4 is 11.1 Å². The minimum atomic E-state index is -0.590. The summed E-state index contributed by atoms with van der Waals surface area (Å²) >= 11 is 0. The first-order chi connectivity index (χ1) is 14.1. The Kier molecular flexibility index (Phi) is 7.17. The van der Waals surface area contributed by atoms with E-state index in [1.165, 1.54) is 6.42 Å². The van der Waals surface area contributed by atoms with Crippen molar-refractivity contribution in [2.24, 2.45) is 28.9 Å². The molecular weight excluding hydrogens is 411 g/mol. The number of rotatable bonds is 7. The molecule has 4 aliphatic rings. The van der Waals surface area contributed by atoms with Crippen molar-refractivity contribution in [3.8, 4) is 0 Å². The Balaban J connectivity index is 0.00000272. The second-order valence-corrected chi connectivity index (χ2v) is 10.9. The molecule has 31 heavy (non-hydrogen) atoms. The van der Waals surface area contributed by atoms with Crippen molar-refractivity contribution in [3.05, 3.63) is 35.9 Å². The summed E-state index contributed by atoms with van der Waals surface area (Å²) in [6, 6.07) is 9.32. The third kappa shape index (κ3) is 4.54. The van der Waals surface area contributed by atoms with Gasteiger partial charge in [-0.15, -0.1) is 12.4 Å². The van der Waals surface area contributed by atoms with Gasteiger partial charge in [0.15, 0.2) is 0 Å². The van der Waals surface area contributed by atoms with Crippen molar-refractivity contribution in [1.29, 1.82) is 0 Å². The predicted octanol–water partition coefficient (Wildman–Crippen LogP) is 3.78. The van der Waals surface area contributed by atoms with E-state index >= 15 is 0 Å². The lowest BCUT2D eigenvalue weighted by Crippen LogP contribution is -2.65. The van der Waals surface area contributed by atoms with Crippen molar-refractivity contribution in [3.63, 3.8) is 0 Å². The normalized spacial score (nSPS) is 32.5. The zero-order valence-corrected chi connectivity index (χ0v) is 20.3. The molecular formula is C24H38BClN2O3. The minimum absolute atomic E-state index is 0. The van der Waals surface area contributed by atoms with Gasteiger partial charge in [0.05, 0.1) is 23.7 Å². The highest BCUT2D eigenvalue weighted by Gasteiger charge is 2.68. The van der Waals surface area contributed by atoms with E-state index in [0.29, 0.717) is 29.6 Å². The summed E-state index contributed by atoms with van der Waals surface area (Å²) in [5, 5.41) is 3.17. The Morgan fingerprint density at radius 3 is 2.52 bits per heavy atom. The van der Waals surface area contributed by atoms with Gasteiger partial charge in [-0.3, -0.25) is 4.79 Å². The molecule has 5 nitrogen and oxygen atoms in total. The Hall–Kier alpha value is -1.08. The number of hydrogen-bond acceptors (Lipinski definition) is 4. The van der Waals surface area contributed by atoms with E-state index in [-0.39, 0.29) is 36.0 Å². The van der Waals surface area contributed by atoms with Gasteiger partial charge in [-0.25, -0.2) is 0 Å². The molecule has 2 bridgehead atoms. The molecule has 3 N–H and O–H groups in total. The average molecular weight is 449 g/mol. The standard InChI is InChI=1S/C24H37BN2O3.ClH/c1-15(2)11-21(27-22(28)18(26)12-16-9-7-6-8-10-16)25-29-20-14-17-13-19(23(17,3)4)24(20,5)30-25;/h6-10,15,17-21H,11-14,26H2,1-5H3,(H,27,28);1H/t17-,18?,19-,20-,21?,24-;/m0./s1. The van der Waals surface area contributed by atoms with Crippen LogP contribution in [0.25, 0.3) is 0 Å². The monoisotopic (exact) mass is 448 g/mol. The maximum Gasteiger partial charge on any atom is 0.481 e. The van der Waals surface area contributed by atoms with E-state index in [0.717, 1.165) is 18.4 Å². The fraction of sp³-hybridized carbons (Fsp3) is 0.708. The van der Waals surface area contributed by atoms with Crippen molar-refractivity contribution < 1.29 is 14.1 Å². The SMILES string of the molecule is CC(C)CC(NC(=O)C(N)Cc1ccccc1)B1O[C@H]2C[C@@H]3C[C@@H](C3(C)C)[C@]2(C)O1.Cl. The molecule has 1 saturated heterocycles. The quantitative estimate of drug-likeness (QED) is 0.623. The van der Waals surface area contributed by atoms with Crippen LogP contribution in [0.2, 0.25) is 0 Å². The van der Waals surface area contributed by atoms with Crippen LogP contribution in [-0.4, -0.2) is 36.7 Å². The van der Waals surface area contributed by atoms with Gasteiger partial charge in [-0.2, -0.15) is 0 Å². The van der Waals surface area contributed by atoms with Crippen LogP contribution >= 0.6 is 12.4 Å². The number of hydrogen-bond donors (Lipinski definition) is 2. The molecule has 172 valence electrons. The van der Waals surface area contributed by atoms with E-state index in [4.69, 9.17) is 15.0 Å². The smallest absolute Gasteiger partial charge is 0.404 e. The summed E-state index contributed by atoms with van der Waals surface area (Å²) in [5.74, 6) is 1.30. The molecule has 3 aliphatic carbocycles. The maximum absolute atomic E-state index is 12.9. The van der Waals surface area contributed by atoms with Gasteiger partial charge < -0.3 is 20.4 Å². The fourth-order valence-corrected chi connectivity index (χ4v) is 6.07. The molecule has 3 saturated carbocycles. The van der Waals surface area contributed by atoms with Crippen molar-refractivity contribution in [2.75, 3.05) is 0 Å². The number of carbonyl (C=O) groups excluding carboxylic acids is 1. The summed E-state index contributed by atoms with van der Waals surface area (Å²) in [6.07, 6.45) is 3.70. The van der Waals surface area contributed by atoms with E-state index in [1.54, 1.807) is 0 Å². The van der Waals surface area contributed by atoms with Crippen molar-refractivity contribution in [1.82, 2.24) is 5.32 Å². The molecule has 6 atom stereocenters. The van der Waals surface area contributed by atoms with E-state index in [2.05, 4.69) is 39.9 Å². The van der Waals surface area contributed by atoms with Crippen LogP contribution in [0.4, 0.5) is 0 Å². The highest BCUT2D eigenvalue weighted by molar-refractivity contribution is 6.47. The summed E-state index contributed by atoms with van der Waals surface area (Å²) in [7, 11) is -0.412. The Morgan fingerprint density at radius 2 is 1.90 bits per heavy atom. The van der Waals surface area contributed by atoms with Crippen LogP contribution in [0.3, 0.4) is 0 Å². The third-order valence-corrected chi connectivity index (χ3v) is 7.99. The molecule has 1 aromatic rings. The molecule has 5 rings (SSSR count). The van der Waals surface area contributed by atoms with Crippen LogP contribution in [0, 0.1) is 23.2 Å². The number of nitrogens with one attached hydrogen (secondary N) is 1. The van der Waals surface area contributed by atoms with Crippen molar-refractivity contribution >= 4 is 25.4 Å². The van der Waals surface area contributed by atoms with Crippen LogP contribution in [0.15, 0.2) is 30.3 Å². The first-order valence-corrected chi connectivity index (χ1v) is 11.5. The number of nitrogens with two attached hydrogens (primary N) is 1. The van der Waals surface area contributed by atoms with E-state index < -0.39 is 13.2 Å². The first-order valence-electron chi connectivity index (χ1n) is 11.5. The summed E-state index contributed by atoms with van der Waals surface area (Å²) in [6.45, 7) is 11.3. The number of carbonyl (C=O) groups is 1. The van der Waals surface area contributed by atoms with Gasteiger partial charge >= 0.3 is 7.12 Å². The molecule has 4 fully saturated rings. The van der Waals surface area contributed by atoms with Gasteiger partial charge in [0.25, 0.3) is 0 Å². The van der Waals surface area contributed by atoms with Gasteiger partial charge in [-0.05, 0) is 61.3 Å². The third-order valence-electron chi connectivity index (χ3n) is 7.99. The zero-order valence-electron chi connectivity index (χ0n) is 19.5. The highest BCUT2D eigenvalue weighted by atomic mass is 35.5. The van der Waals surface area contributed by atoms with Crippen LogP contribution in [0.1, 0.15) is 59.4 Å². The topological polar surface area (TPSA) is 73.6 Å². The summed E-state index contributed by atoms with van der Waals surface area (Å²) in [4.78, 5) is 12.9. The lowest BCUT2D eigenvalue weighted by atomic mass is 9.43. The van der Waals surface area contributed by atoms with Gasteiger partial charge in [0.1, 0.15) is 0 Å². The molecule has 1 heterocycles. The first kappa shape index (κ1) is 24.6. The van der Waals surface area contributed by atoms with E-state index in [9.17, 15) is 4.79 Å². The maximum atomic E-state index is 12.9. The number of halogens is 1. The average Bonchev–Trinajstić information content (AvgIpc) is 3.04. The zero-order chi connectivity index (χ0) is 21.7. The summed E-state index contributed by atoms with van der Waals surface area (Å²) < 4.78 is 13.1. The molecule has 0 spiro atoms. The molecule has 1 aliphatic heterocycles. The van der Waals surface area contributed by atoms with Crippen LogP contribution in [-0.2, 0) is 20.5 Å². The number of benzene rings is 1. The van der Waals surface area contributed by atoms with Crippen molar-refractivity contribution in [2.45, 2.75) is 84.0 Å². The molecule has 7 heteroatoms. The second-order valence-electron chi connectivity index (χ2n) is 10.9. The minimum Gasteiger partial charge on any atom is -0.404 e. The van der Waals surface area contributed by atoms with Gasteiger partial charge in [0.2, 0.25) is 5.91 Å². The number of amides is 1. The van der Waals surface area contributed by atoms with Gasteiger partial charge in [0, 0.05) is 0 Å². The molecule has 0 radical (unpaired) electrons. The Labute approximate surface area is 193 Å². The largest absolute Gasteiger partial charge is 0.481 e. The molecule has 1 aromatic carbocycles. The molecule has 0 aromatic heterocycles. The lowest BCUT2D eigenvalue weighted by Gasteiger charge is -2.64. The predicted molar refractivity (Wildman–Crippen MR) is 127 cm³/mol. The molecule has 1 amide bonds. The van der Waals surface area contributed by atoms with Crippen LogP contribution in [0.5, 0.6) is 0 Å². The van der Waals surface area contributed by atoms with Gasteiger partial charge in [-0.1, -0.05) is 58.0 Å².